The number of carboxylic acid groups (broad SMARTS) is 1. The summed E-state index contributed by atoms with van der Waals surface area (Å²) in [6.45, 7) is 5.13. The predicted molar refractivity (Wildman–Crippen MR) is 84.8 cm³/mol. The molecule has 2 aliphatic rings. The number of nitrogens with zero attached hydrogens (tertiary/aromatic N) is 1. The fourth-order valence-corrected chi connectivity index (χ4v) is 3.31. The highest BCUT2D eigenvalue weighted by atomic mass is 16.4. The van der Waals surface area contributed by atoms with Gasteiger partial charge in [-0.15, -0.1) is 0 Å². The summed E-state index contributed by atoms with van der Waals surface area (Å²) >= 11 is 0. The van der Waals surface area contributed by atoms with Crippen LogP contribution >= 0.6 is 0 Å². The molecule has 2 heterocycles. The fraction of sp³-hybridized carbons (Fsp3) is 0.812. The van der Waals surface area contributed by atoms with E-state index in [2.05, 4.69) is 10.6 Å². The zero-order chi connectivity index (χ0) is 17.0. The van der Waals surface area contributed by atoms with Crippen LogP contribution in [0.5, 0.6) is 0 Å². The molecule has 0 aliphatic carbocycles. The molecule has 0 aromatic rings. The number of hydrogen-bond acceptors (Lipinski definition) is 4. The van der Waals surface area contributed by atoms with Crippen LogP contribution in [0.3, 0.4) is 0 Å². The van der Waals surface area contributed by atoms with Crippen molar-refractivity contribution in [3.63, 3.8) is 0 Å². The number of rotatable bonds is 6. The van der Waals surface area contributed by atoms with E-state index in [1.165, 1.54) is 4.90 Å². The van der Waals surface area contributed by atoms with Gasteiger partial charge in [0, 0.05) is 6.54 Å². The highest BCUT2D eigenvalue weighted by molar-refractivity contribution is 5.92. The summed E-state index contributed by atoms with van der Waals surface area (Å²) in [4.78, 5) is 37.9. The molecule has 7 heteroatoms. The minimum atomic E-state index is -0.970. The number of aliphatic carboxylic acids is 1. The number of carbonyl (C=O) groups excluding carboxylic acids is 2. The monoisotopic (exact) mass is 325 g/mol. The van der Waals surface area contributed by atoms with Crippen molar-refractivity contribution < 1.29 is 19.5 Å². The Labute approximate surface area is 136 Å². The van der Waals surface area contributed by atoms with Gasteiger partial charge in [0.15, 0.2) is 0 Å². The fourth-order valence-electron chi connectivity index (χ4n) is 3.31. The average molecular weight is 325 g/mol. The number of hydrogen-bond donors (Lipinski definition) is 3. The number of nitrogens with one attached hydrogen (secondary N) is 2. The third-order valence-electron chi connectivity index (χ3n) is 4.97. The topological polar surface area (TPSA) is 98.7 Å². The second-order valence-corrected chi connectivity index (χ2v) is 6.55. The van der Waals surface area contributed by atoms with E-state index in [0.29, 0.717) is 19.4 Å². The lowest BCUT2D eigenvalue weighted by Crippen LogP contribution is -2.56. The summed E-state index contributed by atoms with van der Waals surface area (Å²) < 4.78 is 0. The van der Waals surface area contributed by atoms with E-state index in [4.69, 9.17) is 0 Å². The van der Waals surface area contributed by atoms with E-state index in [1.807, 2.05) is 13.8 Å². The molecule has 0 aromatic heterocycles. The Morgan fingerprint density at radius 1 is 1.30 bits per heavy atom. The maximum atomic E-state index is 12.8. The lowest BCUT2D eigenvalue weighted by atomic mass is 9.97. The Hall–Kier alpha value is -1.63. The standard InChI is InChI=1S/C16H27N3O4/c1-3-10(2)13(18-14(20)11-6-4-8-17-11)15(21)19-9-5-7-12(19)16(22)23/h10-13,17H,3-9H2,1-2H3,(H,18,20)(H,22,23)/t10-,11-,12-,13-/m0/s1. The maximum Gasteiger partial charge on any atom is 0.326 e. The summed E-state index contributed by atoms with van der Waals surface area (Å²) in [5.74, 6) is -1.44. The molecule has 7 nitrogen and oxygen atoms in total. The Balaban J connectivity index is 2.09. The number of carboxylic acids is 1. The zero-order valence-electron chi connectivity index (χ0n) is 13.9. The van der Waals surface area contributed by atoms with Gasteiger partial charge < -0.3 is 20.6 Å². The van der Waals surface area contributed by atoms with E-state index in [1.54, 1.807) is 0 Å². The normalized spacial score (nSPS) is 26.8. The largest absolute Gasteiger partial charge is 0.480 e. The van der Waals surface area contributed by atoms with Gasteiger partial charge in [-0.2, -0.15) is 0 Å². The molecule has 2 fully saturated rings. The van der Waals surface area contributed by atoms with Crippen molar-refractivity contribution >= 4 is 17.8 Å². The number of carbonyl (C=O) groups is 3. The smallest absolute Gasteiger partial charge is 0.326 e. The first-order chi connectivity index (χ1) is 11.0. The van der Waals surface area contributed by atoms with Gasteiger partial charge in [-0.3, -0.25) is 9.59 Å². The summed E-state index contributed by atoms with van der Waals surface area (Å²) in [7, 11) is 0. The van der Waals surface area contributed by atoms with Gasteiger partial charge in [0.05, 0.1) is 6.04 Å². The lowest BCUT2D eigenvalue weighted by molar-refractivity contribution is -0.150. The second-order valence-electron chi connectivity index (χ2n) is 6.55. The van der Waals surface area contributed by atoms with Crippen LogP contribution in [0.1, 0.15) is 46.0 Å². The second kappa shape index (κ2) is 7.77. The van der Waals surface area contributed by atoms with Crippen LogP contribution in [0.2, 0.25) is 0 Å². The number of likely N-dealkylation sites (tertiary alicyclic amines) is 1. The average Bonchev–Trinajstić information content (AvgIpc) is 3.21. The molecule has 2 aliphatic heterocycles. The van der Waals surface area contributed by atoms with Crippen LogP contribution in [-0.4, -0.2) is 59.0 Å². The summed E-state index contributed by atoms with van der Waals surface area (Å²) in [6.07, 6.45) is 3.63. The van der Waals surface area contributed by atoms with Crippen LogP contribution in [0, 0.1) is 5.92 Å². The van der Waals surface area contributed by atoms with Gasteiger partial charge in [-0.05, 0) is 38.1 Å². The minimum absolute atomic E-state index is 0.0390. The third-order valence-corrected chi connectivity index (χ3v) is 4.97. The molecule has 0 radical (unpaired) electrons. The molecule has 0 unspecified atom stereocenters. The van der Waals surface area contributed by atoms with E-state index in [0.717, 1.165) is 25.8 Å². The van der Waals surface area contributed by atoms with Crippen LogP contribution in [0.4, 0.5) is 0 Å². The van der Waals surface area contributed by atoms with Crippen molar-refractivity contribution in [3.8, 4) is 0 Å². The highest BCUT2D eigenvalue weighted by Gasteiger charge is 2.39. The number of amides is 2. The molecule has 4 atom stereocenters. The van der Waals surface area contributed by atoms with E-state index >= 15 is 0 Å². The Bertz CT molecular complexity index is 462. The molecule has 3 N–H and O–H groups in total. The molecule has 2 saturated heterocycles. The van der Waals surface area contributed by atoms with Gasteiger partial charge in [0.1, 0.15) is 12.1 Å². The first-order valence-corrected chi connectivity index (χ1v) is 8.52. The molecule has 0 bridgehead atoms. The van der Waals surface area contributed by atoms with Crippen LogP contribution in [-0.2, 0) is 14.4 Å². The van der Waals surface area contributed by atoms with Crippen molar-refractivity contribution in [2.75, 3.05) is 13.1 Å². The molecule has 23 heavy (non-hydrogen) atoms. The SMILES string of the molecule is CC[C@H](C)[C@H](NC(=O)[C@@H]1CCCN1)C(=O)N1CCC[C@H]1C(=O)O. The summed E-state index contributed by atoms with van der Waals surface area (Å²) in [5.41, 5.74) is 0. The predicted octanol–water partition coefficient (Wildman–Crippen LogP) is 0.345. The van der Waals surface area contributed by atoms with E-state index in [-0.39, 0.29) is 23.8 Å². The molecule has 0 saturated carbocycles. The van der Waals surface area contributed by atoms with E-state index in [9.17, 15) is 19.5 Å². The third kappa shape index (κ3) is 4.02. The maximum absolute atomic E-state index is 12.8. The van der Waals surface area contributed by atoms with Crippen LogP contribution < -0.4 is 10.6 Å². The van der Waals surface area contributed by atoms with Crippen molar-refractivity contribution in [1.29, 1.82) is 0 Å². The van der Waals surface area contributed by atoms with Gasteiger partial charge in [0.2, 0.25) is 11.8 Å². The molecule has 130 valence electrons. The van der Waals surface area contributed by atoms with E-state index < -0.39 is 18.1 Å². The quantitative estimate of drug-likeness (QED) is 0.654. The first-order valence-electron chi connectivity index (χ1n) is 8.52. The van der Waals surface area contributed by atoms with Crippen molar-refractivity contribution in [1.82, 2.24) is 15.5 Å². The first kappa shape index (κ1) is 17.7. The van der Waals surface area contributed by atoms with Gasteiger partial charge in [0.25, 0.3) is 0 Å². The Morgan fingerprint density at radius 2 is 2.04 bits per heavy atom. The molecular formula is C16H27N3O4. The van der Waals surface area contributed by atoms with Gasteiger partial charge in [-0.1, -0.05) is 20.3 Å². The van der Waals surface area contributed by atoms with Crippen molar-refractivity contribution in [2.24, 2.45) is 5.92 Å². The molecule has 2 amide bonds. The Morgan fingerprint density at radius 3 is 2.61 bits per heavy atom. The summed E-state index contributed by atoms with van der Waals surface area (Å²) in [5, 5.41) is 15.3. The Kier molecular flexibility index (Phi) is 5.98. The van der Waals surface area contributed by atoms with Crippen LogP contribution in [0.15, 0.2) is 0 Å². The molecule has 0 aromatic carbocycles. The van der Waals surface area contributed by atoms with Crippen molar-refractivity contribution in [3.05, 3.63) is 0 Å². The van der Waals surface area contributed by atoms with Crippen LogP contribution in [0.25, 0.3) is 0 Å². The van der Waals surface area contributed by atoms with Gasteiger partial charge in [-0.25, -0.2) is 4.79 Å². The highest BCUT2D eigenvalue weighted by Crippen LogP contribution is 2.21. The van der Waals surface area contributed by atoms with Crippen molar-refractivity contribution in [2.45, 2.75) is 64.1 Å². The summed E-state index contributed by atoms with van der Waals surface area (Å²) in [6, 6.07) is -1.67. The zero-order valence-corrected chi connectivity index (χ0v) is 13.9. The lowest BCUT2D eigenvalue weighted by Gasteiger charge is -2.31. The molecular weight excluding hydrogens is 298 g/mol. The van der Waals surface area contributed by atoms with Gasteiger partial charge >= 0.3 is 5.97 Å². The molecule has 2 rings (SSSR count). The molecule has 0 spiro atoms. The minimum Gasteiger partial charge on any atom is -0.480 e.